The number of halogens is 1. The van der Waals surface area contributed by atoms with Crippen molar-refractivity contribution in [3.8, 4) is 0 Å². The molecule has 1 saturated carbocycles. The second-order valence-electron chi connectivity index (χ2n) is 5.12. The monoisotopic (exact) mass is 277 g/mol. The van der Waals surface area contributed by atoms with Crippen molar-refractivity contribution in [2.45, 2.75) is 32.4 Å². The minimum absolute atomic E-state index is 0.337. The lowest BCUT2D eigenvalue weighted by molar-refractivity contribution is 0.219. The molecule has 1 N–H and O–H groups in total. The molecule has 1 aliphatic rings. The Morgan fingerprint density at radius 3 is 2.95 bits per heavy atom. The van der Waals surface area contributed by atoms with E-state index in [2.05, 4.69) is 10.1 Å². The van der Waals surface area contributed by atoms with Crippen molar-refractivity contribution in [3.05, 3.63) is 46.5 Å². The summed E-state index contributed by atoms with van der Waals surface area (Å²) in [5.74, 6) is 0.756. The highest BCUT2D eigenvalue weighted by Crippen LogP contribution is 2.32. The van der Waals surface area contributed by atoms with E-state index in [1.807, 2.05) is 17.8 Å². The predicted molar refractivity (Wildman–Crippen MR) is 73.0 cm³/mol. The molecule has 1 aliphatic carbocycles. The van der Waals surface area contributed by atoms with E-state index in [4.69, 9.17) is 11.6 Å². The molecule has 2 heterocycles. The highest BCUT2D eigenvalue weighted by molar-refractivity contribution is 6.30. The summed E-state index contributed by atoms with van der Waals surface area (Å²) >= 11 is 6.02. The van der Waals surface area contributed by atoms with E-state index < -0.39 is 6.10 Å². The van der Waals surface area contributed by atoms with Gasteiger partial charge in [-0.1, -0.05) is 17.7 Å². The molecule has 100 valence electrons. The molecule has 0 saturated heterocycles. The molecule has 1 fully saturated rings. The first-order valence-corrected chi connectivity index (χ1v) is 6.85. The molecule has 4 nitrogen and oxygen atoms in total. The maximum atomic E-state index is 10.4. The van der Waals surface area contributed by atoms with Crippen LogP contribution >= 0.6 is 11.6 Å². The summed E-state index contributed by atoms with van der Waals surface area (Å²) in [6, 6.07) is 3.56. The lowest BCUT2D eigenvalue weighted by atomic mass is 10.0. The molecular formula is C14H16ClN3O. The molecule has 0 aliphatic heterocycles. The fourth-order valence-electron chi connectivity index (χ4n) is 2.23. The van der Waals surface area contributed by atoms with Gasteiger partial charge in [0.25, 0.3) is 0 Å². The van der Waals surface area contributed by atoms with Gasteiger partial charge in [0.15, 0.2) is 0 Å². The molecule has 0 spiro atoms. The lowest BCUT2D eigenvalue weighted by Gasteiger charge is -2.10. The zero-order chi connectivity index (χ0) is 13.4. The van der Waals surface area contributed by atoms with Crippen molar-refractivity contribution in [2.24, 2.45) is 5.92 Å². The van der Waals surface area contributed by atoms with Gasteiger partial charge in [-0.05, 0) is 31.7 Å². The van der Waals surface area contributed by atoms with Crippen LogP contribution in [0.1, 0.15) is 35.8 Å². The predicted octanol–water partition coefficient (Wildman–Crippen LogP) is 2.73. The number of aliphatic hydroxyl groups excluding tert-OH is 1. The maximum Gasteiger partial charge on any atom is 0.135 e. The SMILES string of the molecule is Cc1nn(CC2CC2)cc1C(O)c1cccnc1Cl. The third-order valence-electron chi connectivity index (χ3n) is 3.50. The van der Waals surface area contributed by atoms with Crippen molar-refractivity contribution in [3.63, 3.8) is 0 Å². The molecule has 1 atom stereocenters. The number of hydrogen-bond donors (Lipinski definition) is 1. The van der Waals surface area contributed by atoms with E-state index in [0.717, 1.165) is 23.7 Å². The van der Waals surface area contributed by atoms with Crippen molar-refractivity contribution in [2.75, 3.05) is 0 Å². The Kier molecular flexibility index (Phi) is 3.29. The second kappa shape index (κ2) is 4.94. The zero-order valence-electron chi connectivity index (χ0n) is 10.8. The van der Waals surface area contributed by atoms with E-state index in [0.29, 0.717) is 10.7 Å². The highest BCUT2D eigenvalue weighted by Gasteiger charge is 2.24. The number of nitrogens with zero attached hydrogens (tertiary/aromatic N) is 3. The van der Waals surface area contributed by atoms with Crippen LogP contribution in [0.5, 0.6) is 0 Å². The number of rotatable bonds is 4. The van der Waals surface area contributed by atoms with Crippen LogP contribution in [-0.4, -0.2) is 19.9 Å². The first-order chi connectivity index (χ1) is 9.15. The van der Waals surface area contributed by atoms with Crippen LogP contribution in [0.2, 0.25) is 5.15 Å². The third-order valence-corrected chi connectivity index (χ3v) is 3.82. The number of aryl methyl sites for hydroxylation is 1. The topological polar surface area (TPSA) is 50.9 Å². The van der Waals surface area contributed by atoms with Gasteiger partial charge in [0.1, 0.15) is 11.3 Å². The third kappa shape index (κ3) is 2.65. The summed E-state index contributed by atoms with van der Waals surface area (Å²) < 4.78 is 1.93. The van der Waals surface area contributed by atoms with E-state index in [-0.39, 0.29) is 0 Å². The van der Waals surface area contributed by atoms with Gasteiger partial charge in [-0.3, -0.25) is 4.68 Å². The number of pyridine rings is 1. The van der Waals surface area contributed by atoms with Crippen LogP contribution < -0.4 is 0 Å². The minimum Gasteiger partial charge on any atom is -0.383 e. The summed E-state index contributed by atoms with van der Waals surface area (Å²) in [4.78, 5) is 4.00. The first-order valence-electron chi connectivity index (χ1n) is 6.47. The zero-order valence-corrected chi connectivity index (χ0v) is 11.5. The Morgan fingerprint density at radius 2 is 2.26 bits per heavy atom. The number of aliphatic hydroxyl groups is 1. The van der Waals surface area contributed by atoms with Gasteiger partial charge >= 0.3 is 0 Å². The van der Waals surface area contributed by atoms with E-state index in [1.165, 1.54) is 12.8 Å². The average molecular weight is 278 g/mol. The van der Waals surface area contributed by atoms with Gasteiger partial charge in [0.05, 0.1) is 5.69 Å². The average Bonchev–Trinajstić information content (AvgIpc) is 3.12. The Balaban J connectivity index is 1.88. The largest absolute Gasteiger partial charge is 0.383 e. The molecule has 3 rings (SSSR count). The Morgan fingerprint density at radius 1 is 1.47 bits per heavy atom. The van der Waals surface area contributed by atoms with Crippen LogP contribution in [0.4, 0.5) is 0 Å². The Labute approximate surface area is 117 Å². The van der Waals surface area contributed by atoms with Gasteiger partial charge in [0.2, 0.25) is 0 Å². The lowest BCUT2D eigenvalue weighted by Crippen LogP contribution is -2.02. The van der Waals surface area contributed by atoms with E-state index in [9.17, 15) is 5.11 Å². The molecule has 2 aromatic rings. The van der Waals surface area contributed by atoms with Gasteiger partial charge in [-0.15, -0.1) is 0 Å². The van der Waals surface area contributed by atoms with Crippen molar-refractivity contribution >= 4 is 11.6 Å². The summed E-state index contributed by atoms with van der Waals surface area (Å²) in [6.07, 6.45) is 5.33. The van der Waals surface area contributed by atoms with E-state index in [1.54, 1.807) is 18.3 Å². The molecule has 0 bridgehead atoms. The van der Waals surface area contributed by atoms with Crippen molar-refractivity contribution < 1.29 is 5.11 Å². The van der Waals surface area contributed by atoms with Gasteiger partial charge in [0, 0.05) is 30.1 Å². The van der Waals surface area contributed by atoms with Crippen molar-refractivity contribution in [1.29, 1.82) is 0 Å². The Bertz CT molecular complexity index is 592. The summed E-state index contributed by atoms with van der Waals surface area (Å²) in [5, 5.41) is 15.2. The van der Waals surface area contributed by atoms with Gasteiger partial charge in [-0.25, -0.2) is 4.98 Å². The number of aromatic nitrogens is 3. The van der Waals surface area contributed by atoms with Crippen LogP contribution in [-0.2, 0) is 6.54 Å². The normalized spacial score (nSPS) is 16.6. The van der Waals surface area contributed by atoms with Crippen molar-refractivity contribution in [1.82, 2.24) is 14.8 Å². The quantitative estimate of drug-likeness (QED) is 0.874. The maximum absolute atomic E-state index is 10.4. The summed E-state index contributed by atoms with van der Waals surface area (Å²) in [6.45, 7) is 2.85. The first kappa shape index (κ1) is 12.6. The minimum atomic E-state index is -0.769. The fraction of sp³-hybridized carbons (Fsp3) is 0.429. The fourth-order valence-corrected chi connectivity index (χ4v) is 2.45. The van der Waals surface area contributed by atoms with Crippen LogP contribution in [0.15, 0.2) is 24.5 Å². The molecule has 0 amide bonds. The summed E-state index contributed by atoms with van der Waals surface area (Å²) in [5.41, 5.74) is 2.27. The van der Waals surface area contributed by atoms with Gasteiger partial charge in [-0.2, -0.15) is 5.10 Å². The molecular weight excluding hydrogens is 262 g/mol. The molecule has 0 aromatic carbocycles. The smallest absolute Gasteiger partial charge is 0.135 e. The molecule has 5 heteroatoms. The highest BCUT2D eigenvalue weighted by atomic mass is 35.5. The molecule has 0 radical (unpaired) electrons. The van der Waals surface area contributed by atoms with Crippen LogP contribution in [0.3, 0.4) is 0 Å². The second-order valence-corrected chi connectivity index (χ2v) is 5.48. The molecule has 2 aromatic heterocycles. The van der Waals surface area contributed by atoms with Gasteiger partial charge < -0.3 is 5.11 Å². The standard InChI is InChI=1S/C14H16ClN3O/c1-9-12(8-18(17-9)7-10-4-5-10)13(19)11-3-2-6-16-14(11)15/h2-3,6,8,10,13,19H,4-5,7H2,1H3. The Hall–Kier alpha value is -1.39. The van der Waals surface area contributed by atoms with Crippen LogP contribution in [0, 0.1) is 12.8 Å². The number of hydrogen-bond acceptors (Lipinski definition) is 3. The van der Waals surface area contributed by atoms with Crippen LogP contribution in [0.25, 0.3) is 0 Å². The molecule has 1 unspecified atom stereocenters. The molecule has 19 heavy (non-hydrogen) atoms. The van der Waals surface area contributed by atoms with E-state index >= 15 is 0 Å². The summed E-state index contributed by atoms with van der Waals surface area (Å²) in [7, 11) is 0.